The number of methoxy groups -OCH3 is 2. The number of nitrogens with zero attached hydrogens (tertiary/aromatic N) is 21. The van der Waals surface area contributed by atoms with Crippen LogP contribution in [0.1, 0.15) is 96.3 Å². The molecule has 0 radical (unpaired) electrons. The number of amides is 3. The number of ether oxygens (including phenoxy) is 5. The van der Waals surface area contributed by atoms with Gasteiger partial charge in [-0.2, -0.15) is 126 Å². The zero-order valence-corrected chi connectivity index (χ0v) is 80.6. The number of aromatic nitrogens is 6. The number of carbonyl (C=O) groups excluding carboxylic acids is 3. The molecule has 4 aromatic carbocycles. The van der Waals surface area contributed by atoms with E-state index < -0.39 is 23.5 Å². The molecule has 0 unspecified atom stereocenters. The molecule has 7 aromatic rings. The predicted octanol–water partition coefficient (Wildman–Crippen LogP) is 12.5. The van der Waals surface area contributed by atoms with E-state index in [2.05, 4.69) is 93.8 Å². The molecule has 29 nitrogen and oxygen atoms in total. The third kappa shape index (κ3) is 24.0. The Morgan fingerprint density at radius 2 is 0.820 bits per heavy atom. The monoisotopic (exact) mass is 1950 g/mol. The lowest BCUT2D eigenvalue weighted by molar-refractivity contribution is -0.138. The molecule has 0 bridgehead atoms. The number of benzene rings is 4. The summed E-state index contributed by atoms with van der Waals surface area (Å²) >= 11 is 12.7. The van der Waals surface area contributed by atoms with Gasteiger partial charge < -0.3 is 77.6 Å². The van der Waals surface area contributed by atoms with Crippen LogP contribution in [0.25, 0.3) is 10.8 Å². The van der Waals surface area contributed by atoms with Crippen molar-refractivity contribution in [3.05, 3.63) is 166 Å². The number of likely N-dealkylation sites (N-methyl/N-ethyl adjacent to an activating group) is 3. The molecule has 133 heavy (non-hydrogen) atoms. The SMILES string of the molecule is C=CC(=O)N1CCN(c2nc(OC[C@@H]3CCCN3C)nc3c2CCN(c2cccc(OC)c2C(F)(F)F)C3)C[C@@H]1CC#N.C=CC(=O)N1CCN(c2nc(OC[C@@H]3CCCN3C)nc3c2CCN(c2cccc4cccc(Cl)c24)C3)C[C@@H]1CC#N.C=CC(=O)N1CCN(c2nc(OC[C@@H]3C[C@@H](OC)CN3C)nc3c2CCN(c2cccc(Cl)c2C(F)(F)F)C3)C[C@@H]1CC#N.S.S.S.S. The number of hydrogen-bond acceptors (Lipinski definition) is 26. The van der Waals surface area contributed by atoms with E-state index in [-0.39, 0.29) is 181 Å². The molecule has 0 saturated carbocycles. The van der Waals surface area contributed by atoms with Gasteiger partial charge in [-0.3, -0.25) is 19.3 Å². The summed E-state index contributed by atoms with van der Waals surface area (Å²) in [4.78, 5) is 90.1. The first-order chi connectivity index (χ1) is 62.1. The number of anilines is 6. The van der Waals surface area contributed by atoms with Gasteiger partial charge in [-0.1, -0.05) is 79.3 Å². The molecular weight excluding hydrogens is 1840 g/mol. The normalized spacial score (nSPS) is 20.8. The predicted molar refractivity (Wildman–Crippen MR) is 519 cm³/mol. The number of nitriles is 3. The zero-order valence-electron chi connectivity index (χ0n) is 75.1. The number of piperazine rings is 3. The Labute approximate surface area is 809 Å². The minimum Gasteiger partial charge on any atom is -0.496 e. The first kappa shape index (κ1) is 105. The average Bonchev–Trinajstić information content (AvgIpc) is 1.76. The van der Waals surface area contributed by atoms with E-state index in [1.165, 1.54) is 55.7 Å². The first-order valence-electron chi connectivity index (χ1n) is 43.5. The molecule has 6 fully saturated rings. The van der Waals surface area contributed by atoms with Crippen molar-refractivity contribution < 1.29 is 64.4 Å². The maximum atomic E-state index is 14.2. The highest BCUT2D eigenvalue weighted by Gasteiger charge is 2.44. The lowest BCUT2D eigenvalue weighted by atomic mass is 10.0. The molecule has 3 aromatic heterocycles. The van der Waals surface area contributed by atoms with Crippen molar-refractivity contribution in [2.45, 2.75) is 145 Å². The van der Waals surface area contributed by atoms with Crippen molar-refractivity contribution in [2.75, 3.05) is 183 Å². The second kappa shape index (κ2) is 46.9. The average molecular weight is 1960 g/mol. The third-order valence-electron chi connectivity index (χ3n) is 25.9. The van der Waals surface area contributed by atoms with Gasteiger partial charge >= 0.3 is 30.4 Å². The van der Waals surface area contributed by atoms with Gasteiger partial charge in [-0.05, 0) is 146 Å². The van der Waals surface area contributed by atoms with E-state index in [1.807, 2.05) is 36.0 Å². The minimum absolute atomic E-state index is 0. The number of hydrogen-bond donors (Lipinski definition) is 0. The summed E-state index contributed by atoms with van der Waals surface area (Å²) in [5.41, 5.74) is 4.22. The highest BCUT2D eigenvalue weighted by Crippen LogP contribution is 2.47. The van der Waals surface area contributed by atoms with Crippen LogP contribution in [0.15, 0.2) is 111 Å². The van der Waals surface area contributed by atoms with Crippen molar-refractivity contribution in [3.63, 3.8) is 0 Å². The molecule has 9 aliphatic heterocycles. The first-order valence-corrected chi connectivity index (χ1v) is 44.3. The quantitative estimate of drug-likeness (QED) is 0.0425. The number of alkyl halides is 6. The van der Waals surface area contributed by atoms with E-state index >= 15 is 0 Å². The molecule has 3 amide bonds. The summed E-state index contributed by atoms with van der Waals surface area (Å²) in [7, 11) is 9.08. The van der Waals surface area contributed by atoms with Crippen LogP contribution in [0.2, 0.25) is 10.0 Å². The van der Waals surface area contributed by atoms with Gasteiger partial charge in [0, 0.05) is 138 Å². The van der Waals surface area contributed by atoms with Gasteiger partial charge in [0.25, 0.3) is 0 Å². The molecule has 12 heterocycles. The molecule has 7 atom stereocenters. The Kier molecular flexibility index (Phi) is 37.0. The van der Waals surface area contributed by atoms with E-state index in [0.717, 1.165) is 114 Å². The number of halogens is 8. The van der Waals surface area contributed by atoms with Crippen LogP contribution in [0.3, 0.4) is 0 Å². The Hall–Kier alpha value is -10.1. The highest BCUT2D eigenvalue weighted by molar-refractivity contribution is 7.59. The van der Waals surface area contributed by atoms with Crippen LogP contribution >= 0.6 is 77.2 Å². The van der Waals surface area contributed by atoms with Gasteiger partial charge in [0.05, 0.1) is 133 Å². The van der Waals surface area contributed by atoms with E-state index in [1.54, 1.807) is 37.7 Å². The second-order valence-corrected chi connectivity index (χ2v) is 34.5. The molecule has 41 heteroatoms. The summed E-state index contributed by atoms with van der Waals surface area (Å²) in [5, 5.41) is 31.0. The van der Waals surface area contributed by atoms with Gasteiger partial charge in [0.2, 0.25) is 17.7 Å². The molecule has 716 valence electrons. The van der Waals surface area contributed by atoms with Gasteiger partial charge in [-0.25, -0.2) is 0 Å². The third-order valence-corrected chi connectivity index (χ3v) is 26.6. The summed E-state index contributed by atoms with van der Waals surface area (Å²) in [6, 6.07) is 27.7. The topological polar surface area (TPSA) is 285 Å². The van der Waals surface area contributed by atoms with Crippen molar-refractivity contribution >= 4 is 140 Å². The van der Waals surface area contributed by atoms with Crippen LogP contribution in [-0.2, 0) is 70.4 Å². The fraction of sp³-hybridized carbons (Fsp3) is 0.500. The van der Waals surface area contributed by atoms with Crippen LogP contribution in [0.4, 0.5) is 60.9 Å². The van der Waals surface area contributed by atoms with Crippen LogP contribution in [0.5, 0.6) is 23.8 Å². The summed E-state index contributed by atoms with van der Waals surface area (Å²) < 4.78 is 114. The fourth-order valence-corrected chi connectivity index (χ4v) is 19.6. The number of likely N-dealkylation sites (tertiary alicyclic amines) is 3. The van der Waals surface area contributed by atoms with Crippen molar-refractivity contribution in [3.8, 4) is 42.0 Å². The minimum atomic E-state index is -4.63. The Bertz CT molecular complexity index is 5430. The van der Waals surface area contributed by atoms with E-state index in [9.17, 15) is 56.5 Å². The standard InChI is InChI=1S/C32H36ClN7O2.C30H35ClF3N7O3.C30H36F3N7O3.4H2S/c1-3-29(41)40-18-17-39(19-23(40)12-14-34)31-25-13-16-38(28-11-5-8-22-7-4-10-26(33)30(22)28)20-27(25)35-32(36-31)42-21-24-9-6-15-37(24)2;1-4-26(42)41-13-12-40(15-19(41)8-10-35)28-22-9-11-39(25-7-5-6-23(31)27(25)30(32,33)34)17-24(22)36-29(37-28)44-18-20-14-21(43-3)16-38(20)2;1-4-26(41)40-16-15-39(17-20(40)10-12-34)28-22-11-14-38(24-8-5-9-25(42-3)27(24)30(31,32)33)18-23(22)35-29(36-28)43-19-21-7-6-13-37(21)2;;;;/h3-5,7-8,10-11,23-24H,1,6,9,12-13,15-21H2,2H3;4-7,19-21H,1,8-9,11-18H2,2-3H3;4-5,8-9,20-21H,1,6-7,10-11,13-19H2,2-3H3;4*1H2/t23-,24-;19-,20-,21+;20-,21-;;;;/m000..../s1. The van der Waals surface area contributed by atoms with Crippen molar-refractivity contribution in [1.82, 2.24) is 59.3 Å². The van der Waals surface area contributed by atoms with Crippen LogP contribution < -0.4 is 48.3 Å². The van der Waals surface area contributed by atoms with Gasteiger partial charge in [0.1, 0.15) is 48.6 Å². The Morgan fingerprint density at radius 1 is 0.451 bits per heavy atom. The summed E-state index contributed by atoms with van der Waals surface area (Å²) in [6.45, 7) is 21.1. The Balaban J connectivity index is 0.000000204. The molecule has 6 saturated heterocycles. The van der Waals surface area contributed by atoms with E-state index in [4.69, 9.17) is 76.8 Å². The summed E-state index contributed by atoms with van der Waals surface area (Å²) in [6.07, 6.45) is 1.83. The second-order valence-electron chi connectivity index (χ2n) is 33.6. The number of rotatable bonds is 23. The molecule has 16 rings (SSSR count). The van der Waals surface area contributed by atoms with Crippen LogP contribution in [-0.4, -0.2) is 273 Å². The number of carbonyl (C=O) groups is 3. The van der Waals surface area contributed by atoms with Crippen molar-refractivity contribution in [1.29, 1.82) is 15.8 Å². The van der Waals surface area contributed by atoms with Gasteiger partial charge in [0.15, 0.2) is 0 Å². The fourth-order valence-electron chi connectivity index (χ4n) is 19.1. The highest BCUT2D eigenvalue weighted by atomic mass is 35.5. The zero-order chi connectivity index (χ0) is 91.5. The van der Waals surface area contributed by atoms with E-state index in [0.29, 0.717) is 140 Å². The summed E-state index contributed by atoms with van der Waals surface area (Å²) in [5.74, 6) is 1.23. The molecule has 0 N–H and O–H groups in total. The molecular formula is C92H115Cl2F6N21O8S4. The lowest BCUT2D eigenvalue weighted by Crippen LogP contribution is -2.55. The molecule has 0 spiro atoms. The lowest BCUT2D eigenvalue weighted by Gasteiger charge is -2.42. The van der Waals surface area contributed by atoms with Crippen molar-refractivity contribution in [2.24, 2.45) is 0 Å². The largest absolute Gasteiger partial charge is 0.496 e. The van der Waals surface area contributed by atoms with Gasteiger partial charge in [-0.15, -0.1) is 0 Å². The Morgan fingerprint density at radius 3 is 1.19 bits per heavy atom. The molecule has 0 aliphatic carbocycles. The molecule has 9 aliphatic rings. The maximum absolute atomic E-state index is 14.2. The van der Waals surface area contributed by atoms with Crippen LogP contribution in [0, 0.1) is 34.0 Å². The maximum Gasteiger partial charge on any atom is 0.421 e. The number of fused-ring (bicyclic) bond motifs is 4. The smallest absolute Gasteiger partial charge is 0.421 e.